The molecule has 2 fully saturated rings. The van der Waals surface area contributed by atoms with Gasteiger partial charge in [-0.05, 0) is 31.4 Å². The van der Waals surface area contributed by atoms with Crippen molar-refractivity contribution >= 4 is 23.8 Å². The Hall–Kier alpha value is -2.45. The fraction of sp³-hybridized carbons (Fsp3) is 0.609. The van der Waals surface area contributed by atoms with Crippen LogP contribution in [-0.2, 0) is 16.1 Å². The molecule has 3 aliphatic heterocycles. The van der Waals surface area contributed by atoms with E-state index >= 15 is 0 Å². The number of hydrogen-bond acceptors (Lipinski definition) is 6. The van der Waals surface area contributed by atoms with E-state index in [0.29, 0.717) is 24.6 Å². The first-order valence-electron chi connectivity index (χ1n) is 11.4. The van der Waals surface area contributed by atoms with E-state index in [9.17, 15) is 14.4 Å². The van der Waals surface area contributed by atoms with Crippen LogP contribution in [0.2, 0.25) is 0 Å². The molecule has 0 spiro atoms. The molecule has 1 unspecified atom stereocenters. The summed E-state index contributed by atoms with van der Waals surface area (Å²) in [6, 6.07) is 5.91. The van der Waals surface area contributed by atoms with Crippen molar-refractivity contribution in [3.8, 4) is 0 Å². The lowest BCUT2D eigenvalue weighted by Crippen LogP contribution is -2.52. The van der Waals surface area contributed by atoms with Crippen molar-refractivity contribution in [1.29, 1.82) is 0 Å². The average Bonchev–Trinajstić information content (AvgIpc) is 3.16. The van der Waals surface area contributed by atoms with Gasteiger partial charge in [0.25, 0.3) is 5.91 Å². The van der Waals surface area contributed by atoms with Crippen molar-refractivity contribution in [3.05, 3.63) is 29.3 Å². The zero-order chi connectivity index (χ0) is 21.8. The summed E-state index contributed by atoms with van der Waals surface area (Å²) in [5.74, 6) is -0.339. The molecule has 0 saturated carbocycles. The number of fused-ring (bicyclic) bond motifs is 1. The summed E-state index contributed by atoms with van der Waals surface area (Å²) >= 11 is 0. The molecule has 0 bridgehead atoms. The molecule has 2 amide bonds. The molecule has 3 heterocycles. The summed E-state index contributed by atoms with van der Waals surface area (Å²) in [4.78, 5) is 43.1. The van der Waals surface area contributed by atoms with Crippen molar-refractivity contribution in [1.82, 2.24) is 20.4 Å². The molecule has 0 aliphatic carbocycles. The summed E-state index contributed by atoms with van der Waals surface area (Å²) in [5, 5.41) is 6.07. The monoisotopic (exact) mass is 427 g/mol. The van der Waals surface area contributed by atoms with E-state index in [1.807, 2.05) is 12.1 Å². The molecule has 8 nitrogen and oxygen atoms in total. The van der Waals surface area contributed by atoms with Gasteiger partial charge in [0.05, 0.1) is 0 Å². The predicted octanol–water partition coefficient (Wildman–Crippen LogP) is 0.610. The van der Waals surface area contributed by atoms with Crippen LogP contribution in [0.5, 0.6) is 0 Å². The summed E-state index contributed by atoms with van der Waals surface area (Å²) in [6.45, 7) is 6.75. The molecule has 0 aromatic heterocycles. The molecular weight excluding hydrogens is 394 g/mol. The van der Waals surface area contributed by atoms with Crippen LogP contribution in [-0.4, -0.2) is 86.3 Å². The molecule has 31 heavy (non-hydrogen) atoms. The number of hydrogen-bond donors (Lipinski definition) is 2. The summed E-state index contributed by atoms with van der Waals surface area (Å²) in [7, 11) is 1.57. The molecule has 8 heteroatoms. The van der Waals surface area contributed by atoms with Gasteiger partial charge in [0, 0.05) is 82.1 Å². The van der Waals surface area contributed by atoms with Crippen LogP contribution in [0.25, 0.3) is 0 Å². The normalized spacial score (nSPS) is 21.1. The molecular formula is C23H33N5O3. The maximum absolute atomic E-state index is 13.1. The molecule has 3 aliphatic rings. The molecule has 2 saturated heterocycles. The number of carbonyl (C=O) groups is 3. The van der Waals surface area contributed by atoms with Crippen LogP contribution in [0.1, 0.15) is 41.6 Å². The van der Waals surface area contributed by atoms with Crippen molar-refractivity contribution in [2.24, 2.45) is 0 Å². The third-order valence-corrected chi connectivity index (χ3v) is 6.93. The van der Waals surface area contributed by atoms with E-state index in [1.165, 1.54) is 0 Å². The van der Waals surface area contributed by atoms with Crippen molar-refractivity contribution in [3.63, 3.8) is 0 Å². The zero-order valence-electron chi connectivity index (χ0n) is 18.3. The van der Waals surface area contributed by atoms with E-state index in [4.69, 9.17) is 0 Å². The number of piperazine rings is 1. The molecule has 1 atom stereocenters. The van der Waals surface area contributed by atoms with Gasteiger partial charge in [-0.3, -0.25) is 14.5 Å². The van der Waals surface area contributed by atoms with Crippen LogP contribution in [0.4, 0.5) is 5.69 Å². The van der Waals surface area contributed by atoms with E-state index in [1.54, 1.807) is 11.9 Å². The van der Waals surface area contributed by atoms with Crippen LogP contribution in [0, 0.1) is 0 Å². The number of nitrogens with one attached hydrogen (secondary N) is 2. The average molecular weight is 428 g/mol. The van der Waals surface area contributed by atoms with Gasteiger partial charge in [0.1, 0.15) is 12.3 Å². The van der Waals surface area contributed by atoms with Gasteiger partial charge >= 0.3 is 0 Å². The van der Waals surface area contributed by atoms with Gasteiger partial charge in [-0.15, -0.1) is 0 Å². The van der Waals surface area contributed by atoms with Gasteiger partial charge in [0.15, 0.2) is 0 Å². The minimum absolute atomic E-state index is 0.118. The lowest BCUT2D eigenvalue weighted by atomic mass is 9.99. The van der Waals surface area contributed by atoms with Crippen molar-refractivity contribution < 1.29 is 14.4 Å². The Morgan fingerprint density at radius 2 is 1.97 bits per heavy atom. The minimum atomic E-state index is -0.624. The Morgan fingerprint density at radius 1 is 1.23 bits per heavy atom. The Kier molecular flexibility index (Phi) is 6.87. The number of anilines is 1. The molecule has 4 rings (SSSR count). The maximum atomic E-state index is 13.1. The number of amides is 2. The maximum Gasteiger partial charge on any atom is 0.255 e. The molecule has 1 aromatic carbocycles. The zero-order valence-corrected chi connectivity index (χ0v) is 18.3. The number of benzene rings is 1. The molecule has 0 radical (unpaired) electrons. The van der Waals surface area contributed by atoms with E-state index in [0.717, 1.165) is 69.6 Å². The first-order valence-corrected chi connectivity index (χ1v) is 11.4. The summed E-state index contributed by atoms with van der Waals surface area (Å²) in [6.07, 6.45) is 3.65. The van der Waals surface area contributed by atoms with Gasteiger partial charge < -0.3 is 25.2 Å². The van der Waals surface area contributed by atoms with Crippen LogP contribution < -0.4 is 15.5 Å². The highest BCUT2D eigenvalue weighted by Gasteiger charge is 2.38. The quantitative estimate of drug-likeness (QED) is 0.621. The lowest BCUT2D eigenvalue weighted by molar-refractivity contribution is -0.125. The van der Waals surface area contributed by atoms with Crippen LogP contribution in [0.15, 0.2) is 18.2 Å². The second-order valence-electron chi connectivity index (χ2n) is 8.61. The summed E-state index contributed by atoms with van der Waals surface area (Å²) in [5.41, 5.74) is 2.80. The van der Waals surface area contributed by atoms with Gasteiger partial charge in [-0.2, -0.15) is 0 Å². The van der Waals surface area contributed by atoms with Crippen LogP contribution in [0.3, 0.4) is 0 Å². The minimum Gasteiger partial charge on any atom is -0.371 e. The van der Waals surface area contributed by atoms with Crippen LogP contribution >= 0.6 is 0 Å². The predicted molar refractivity (Wildman–Crippen MR) is 119 cm³/mol. The van der Waals surface area contributed by atoms with E-state index < -0.39 is 6.04 Å². The summed E-state index contributed by atoms with van der Waals surface area (Å²) < 4.78 is 0. The molecule has 2 N–H and O–H groups in total. The third-order valence-electron chi connectivity index (χ3n) is 6.93. The first kappa shape index (κ1) is 21.8. The molecule has 1 aromatic rings. The Morgan fingerprint density at radius 3 is 2.65 bits per heavy atom. The fourth-order valence-electron chi connectivity index (χ4n) is 5.23. The number of rotatable bonds is 7. The smallest absolute Gasteiger partial charge is 0.255 e. The van der Waals surface area contributed by atoms with Gasteiger partial charge in [-0.25, -0.2) is 0 Å². The highest BCUT2D eigenvalue weighted by Crippen LogP contribution is 2.35. The topological polar surface area (TPSA) is 85.0 Å². The number of aldehydes is 1. The first-order chi connectivity index (χ1) is 15.1. The number of nitrogens with zero attached hydrogens (tertiary/aromatic N) is 3. The fourth-order valence-corrected chi connectivity index (χ4v) is 5.23. The Labute approximate surface area is 183 Å². The standard InChI is InChI=1S/C23H33N5O3/c1-24-22(30)21(6-3-15-29)28-16-19-18(23(28)31)4-2-5-20(19)27-11-7-17(8-12-27)26-13-9-25-10-14-26/h2,4-5,15,17,21,25H,3,6-14,16H2,1H3,(H,24,30). The number of carbonyl (C=O) groups excluding carboxylic acids is 3. The second kappa shape index (κ2) is 9.78. The van der Waals surface area contributed by atoms with Gasteiger partial charge in [-0.1, -0.05) is 6.07 Å². The van der Waals surface area contributed by atoms with E-state index in [-0.39, 0.29) is 18.2 Å². The van der Waals surface area contributed by atoms with Crippen molar-refractivity contribution in [2.75, 3.05) is 51.2 Å². The second-order valence-corrected chi connectivity index (χ2v) is 8.61. The Balaban J connectivity index is 1.48. The number of piperidine rings is 1. The van der Waals surface area contributed by atoms with E-state index in [2.05, 4.69) is 26.5 Å². The third kappa shape index (κ3) is 4.45. The molecule has 168 valence electrons. The largest absolute Gasteiger partial charge is 0.371 e. The Bertz CT molecular complexity index is 815. The lowest BCUT2D eigenvalue weighted by Gasteiger charge is -2.41. The highest BCUT2D eigenvalue weighted by molar-refractivity contribution is 6.02. The highest BCUT2D eigenvalue weighted by atomic mass is 16.2. The van der Waals surface area contributed by atoms with Gasteiger partial charge in [0.2, 0.25) is 5.91 Å². The SMILES string of the molecule is CNC(=O)C(CCC=O)N1Cc2c(cccc2N2CCC(N3CCNCC3)CC2)C1=O. The van der Waals surface area contributed by atoms with Crippen molar-refractivity contribution in [2.45, 2.75) is 44.3 Å². The number of likely N-dealkylation sites (N-methyl/N-ethyl adjacent to an activating group) is 1.